The van der Waals surface area contributed by atoms with Gasteiger partial charge in [0.2, 0.25) is 5.91 Å². The molecule has 2 heterocycles. The van der Waals surface area contributed by atoms with E-state index in [-0.39, 0.29) is 11.8 Å². The Kier molecular flexibility index (Phi) is 6.52. The Hall–Kier alpha value is -2.48. The topological polar surface area (TPSA) is 77.4 Å². The fourth-order valence-corrected chi connectivity index (χ4v) is 4.32. The molecule has 1 saturated heterocycles. The number of ether oxygens (including phenoxy) is 3. The van der Waals surface area contributed by atoms with Gasteiger partial charge in [0.1, 0.15) is 0 Å². The fraction of sp³-hybridized carbons (Fsp3) is 0.476. The molecule has 156 valence electrons. The van der Waals surface area contributed by atoms with E-state index in [1.54, 1.807) is 38.2 Å². The highest BCUT2D eigenvalue weighted by molar-refractivity contribution is 8.14. The van der Waals surface area contributed by atoms with Crippen LogP contribution in [0.2, 0.25) is 0 Å². The Morgan fingerprint density at radius 3 is 2.66 bits per heavy atom. The van der Waals surface area contributed by atoms with Crippen LogP contribution in [0.3, 0.4) is 0 Å². The van der Waals surface area contributed by atoms with Crippen molar-refractivity contribution in [3.63, 3.8) is 0 Å². The van der Waals surface area contributed by atoms with E-state index in [2.05, 4.69) is 4.99 Å². The summed E-state index contributed by atoms with van der Waals surface area (Å²) in [5.41, 5.74) is 1.67. The van der Waals surface area contributed by atoms with Gasteiger partial charge in [-0.3, -0.25) is 9.69 Å². The predicted molar refractivity (Wildman–Crippen MR) is 112 cm³/mol. The summed E-state index contributed by atoms with van der Waals surface area (Å²) in [6, 6.07) is 4.78. The zero-order valence-electron chi connectivity index (χ0n) is 17.4. The number of hydrogen-bond acceptors (Lipinski definition) is 7. The predicted octanol–water partition coefficient (Wildman–Crippen LogP) is 3.55. The van der Waals surface area contributed by atoms with Gasteiger partial charge in [-0.15, -0.1) is 0 Å². The third kappa shape index (κ3) is 4.27. The Balaban J connectivity index is 2.11. The van der Waals surface area contributed by atoms with Crippen LogP contribution in [0.5, 0.6) is 11.5 Å². The highest BCUT2D eigenvalue weighted by Crippen LogP contribution is 2.42. The second-order valence-electron chi connectivity index (χ2n) is 7.26. The van der Waals surface area contributed by atoms with E-state index in [0.717, 1.165) is 5.56 Å². The number of methoxy groups -OCH3 is 2. The number of carbonyl (C=O) groups excluding carboxylic acids is 2. The van der Waals surface area contributed by atoms with Crippen LogP contribution in [-0.2, 0) is 14.3 Å². The number of rotatable bonds is 6. The van der Waals surface area contributed by atoms with Crippen LogP contribution < -0.4 is 9.47 Å². The van der Waals surface area contributed by atoms with Crippen molar-refractivity contribution in [3.05, 3.63) is 35.0 Å². The SMILES string of the molecule is COc1ccc([C@@H]2C(C(=O)OCC(C)C)=C(C)N=C3SCCC(=O)N32)cc1OC. The Morgan fingerprint density at radius 1 is 1.28 bits per heavy atom. The molecule has 0 unspecified atom stereocenters. The number of esters is 1. The van der Waals surface area contributed by atoms with Gasteiger partial charge in [-0.1, -0.05) is 31.7 Å². The molecule has 0 saturated carbocycles. The first-order valence-electron chi connectivity index (χ1n) is 9.50. The normalized spacial score (nSPS) is 19.1. The van der Waals surface area contributed by atoms with Gasteiger partial charge in [-0.25, -0.2) is 9.79 Å². The van der Waals surface area contributed by atoms with Crippen molar-refractivity contribution in [1.29, 1.82) is 0 Å². The number of fused-ring (bicyclic) bond motifs is 1. The number of amides is 1. The van der Waals surface area contributed by atoms with Crippen LogP contribution in [0.25, 0.3) is 0 Å². The van der Waals surface area contributed by atoms with Crippen LogP contribution in [0.15, 0.2) is 34.5 Å². The number of allylic oxidation sites excluding steroid dienone is 1. The molecular formula is C21H26N2O5S. The summed E-state index contributed by atoms with van der Waals surface area (Å²) in [7, 11) is 3.11. The molecule has 0 spiro atoms. The monoisotopic (exact) mass is 418 g/mol. The van der Waals surface area contributed by atoms with Gasteiger partial charge in [-0.2, -0.15) is 0 Å². The van der Waals surface area contributed by atoms with Crippen molar-refractivity contribution < 1.29 is 23.8 Å². The standard InChI is InChI=1S/C21H26N2O5S/c1-12(2)11-28-20(25)18-13(3)22-21-23(17(24)8-9-29-21)19(18)14-6-7-15(26-4)16(10-14)27-5/h6-7,10,12,19H,8-9,11H2,1-5H3/t19-/m1/s1. The molecule has 0 N–H and O–H groups in total. The Bertz CT molecular complexity index is 878. The quantitative estimate of drug-likeness (QED) is 0.658. The molecule has 2 aliphatic heterocycles. The molecule has 0 radical (unpaired) electrons. The van der Waals surface area contributed by atoms with Gasteiger partial charge in [0.05, 0.1) is 38.1 Å². The van der Waals surface area contributed by atoms with E-state index in [4.69, 9.17) is 14.2 Å². The lowest BCUT2D eigenvalue weighted by molar-refractivity contribution is -0.141. The number of carbonyl (C=O) groups is 2. The maximum Gasteiger partial charge on any atom is 0.338 e. The van der Waals surface area contributed by atoms with Gasteiger partial charge in [0, 0.05) is 12.2 Å². The second-order valence-corrected chi connectivity index (χ2v) is 8.33. The van der Waals surface area contributed by atoms with Gasteiger partial charge >= 0.3 is 5.97 Å². The van der Waals surface area contributed by atoms with E-state index < -0.39 is 12.0 Å². The first kappa shape index (κ1) is 21.2. The molecule has 29 heavy (non-hydrogen) atoms. The number of thioether (sulfide) groups is 1. The molecule has 8 heteroatoms. The molecule has 1 atom stereocenters. The van der Waals surface area contributed by atoms with E-state index in [1.165, 1.54) is 11.8 Å². The average molecular weight is 419 g/mol. The summed E-state index contributed by atoms with van der Waals surface area (Å²) in [5.74, 6) is 1.46. The number of hydrogen-bond donors (Lipinski definition) is 0. The van der Waals surface area contributed by atoms with Crippen molar-refractivity contribution in [2.75, 3.05) is 26.6 Å². The molecule has 1 aromatic carbocycles. The molecule has 2 aliphatic rings. The van der Waals surface area contributed by atoms with E-state index in [9.17, 15) is 9.59 Å². The summed E-state index contributed by atoms with van der Waals surface area (Å²) in [6.07, 6.45) is 0.390. The maximum atomic E-state index is 13.0. The van der Waals surface area contributed by atoms with Crippen LogP contribution in [0.1, 0.15) is 38.8 Å². The Labute approximate surface area is 175 Å². The third-order valence-electron chi connectivity index (χ3n) is 4.70. The van der Waals surface area contributed by atoms with Crippen molar-refractivity contribution in [3.8, 4) is 11.5 Å². The van der Waals surface area contributed by atoms with E-state index in [1.807, 2.05) is 19.9 Å². The number of benzene rings is 1. The Morgan fingerprint density at radius 2 is 2.00 bits per heavy atom. The molecule has 0 aromatic heterocycles. The zero-order valence-corrected chi connectivity index (χ0v) is 18.2. The lowest BCUT2D eigenvalue weighted by atomic mass is 9.93. The van der Waals surface area contributed by atoms with Gasteiger partial charge < -0.3 is 14.2 Å². The summed E-state index contributed by atoms with van der Waals surface area (Å²) in [5, 5.41) is 0.610. The lowest BCUT2D eigenvalue weighted by Gasteiger charge is -2.39. The summed E-state index contributed by atoms with van der Waals surface area (Å²) >= 11 is 1.52. The summed E-state index contributed by atoms with van der Waals surface area (Å²) in [6.45, 7) is 6.03. The number of amidine groups is 1. The largest absolute Gasteiger partial charge is 0.493 e. The van der Waals surface area contributed by atoms with Crippen molar-refractivity contribution in [1.82, 2.24) is 4.90 Å². The minimum atomic E-state index is -0.623. The third-order valence-corrected chi connectivity index (χ3v) is 5.65. The van der Waals surface area contributed by atoms with Crippen molar-refractivity contribution >= 4 is 28.8 Å². The van der Waals surface area contributed by atoms with Crippen molar-refractivity contribution in [2.24, 2.45) is 10.9 Å². The molecule has 3 rings (SSSR count). The first-order valence-corrected chi connectivity index (χ1v) is 10.5. The molecule has 1 aromatic rings. The minimum Gasteiger partial charge on any atom is -0.493 e. The first-order chi connectivity index (χ1) is 13.9. The minimum absolute atomic E-state index is 0.0658. The fourth-order valence-electron chi connectivity index (χ4n) is 3.32. The van der Waals surface area contributed by atoms with Crippen LogP contribution in [0, 0.1) is 5.92 Å². The molecule has 1 fully saturated rings. The highest BCUT2D eigenvalue weighted by atomic mass is 32.2. The molecule has 0 bridgehead atoms. The molecule has 0 aliphatic carbocycles. The molecule has 1 amide bonds. The van der Waals surface area contributed by atoms with Crippen molar-refractivity contribution in [2.45, 2.75) is 33.2 Å². The van der Waals surface area contributed by atoms with Gasteiger partial charge in [-0.05, 0) is 30.5 Å². The maximum absolute atomic E-state index is 13.0. The van der Waals surface area contributed by atoms with E-state index in [0.29, 0.717) is 46.7 Å². The summed E-state index contributed by atoms with van der Waals surface area (Å²) < 4.78 is 16.3. The smallest absolute Gasteiger partial charge is 0.338 e. The van der Waals surface area contributed by atoms with Gasteiger partial charge in [0.15, 0.2) is 16.7 Å². The second kappa shape index (κ2) is 8.90. The van der Waals surface area contributed by atoms with Crippen LogP contribution in [-0.4, -0.2) is 48.5 Å². The lowest BCUT2D eigenvalue weighted by Crippen LogP contribution is -2.45. The van der Waals surface area contributed by atoms with Crippen LogP contribution in [0.4, 0.5) is 0 Å². The molecular weight excluding hydrogens is 392 g/mol. The van der Waals surface area contributed by atoms with E-state index >= 15 is 0 Å². The summed E-state index contributed by atoms with van der Waals surface area (Å²) in [4.78, 5) is 32.0. The van der Waals surface area contributed by atoms with Crippen LogP contribution >= 0.6 is 11.8 Å². The number of nitrogens with zero attached hydrogens (tertiary/aromatic N) is 2. The highest BCUT2D eigenvalue weighted by Gasteiger charge is 2.42. The van der Waals surface area contributed by atoms with Gasteiger partial charge in [0.25, 0.3) is 0 Å². The number of aliphatic imine (C=N–C) groups is 1. The zero-order chi connectivity index (χ0) is 21.1. The average Bonchev–Trinajstić information content (AvgIpc) is 2.70. The molecule has 7 nitrogen and oxygen atoms in total.